The number of nitrogens with one attached hydrogen (secondary N) is 1. The zero-order chi connectivity index (χ0) is 20.3. The van der Waals surface area contributed by atoms with Gasteiger partial charge in [-0.1, -0.05) is 23.9 Å². The number of amides is 1. The molecule has 3 rings (SSSR count). The Hall–Kier alpha value is -3.01. The molecule has 1 aromatic heterocycles. The lowest BCUT2D eigenvalue weighted by Crippen LogP contribution is -2.24. The molecule has 10 heteroatoms. The molecule has 146 valence electrons. The lowest BCUT2D eigenvalue weighted by molar-refractivity contribution is -0.115. The van der Waals surface area contributed by atoms with E-state index in [1.807, 2.05) is 19.1 Å². The first-order valence-corrected chi connectivity index (χ1v) is 9.13. The van der Waals surface area contributed by atoms with E-state index in [0.29, 0.717) is 16.6 Å². The summed E-state index contributed by atoms with van der Waals surface area (Å²) >= 11 is 1.05. The molecule has 0 saturated heterocycles. The molecule has 1 amide bonds. The van der Waals surface area contributed by atoms with Crippen LogP contribution >= 0.6 is 11.8 Å². The van der Waals surface area contributed by atoms with Crippen molar-refractivity contribution in [1.82, 2.24) is 20.2 Å². The number of rotatable bonds is 6. The first-order valence-electron chi connectivity index (χ1n) is 8.25. The quantitative estimate of drug-likeness (QED) is 0.633. The fourth-order valence-electron chi connectivity index (χ4n) is 2.42. The van der Waals surface area contributed by atoms with Gasteiger partial charge in [-0.2, -0.15) is 4.68 Å². The van der Waals surface area contributed by atoms with Crippen molar-refractivity contribution in [3.8, 4) is 11.4 Å². The molecular formula is C18H17F2N5O2S. The van der Waals surface area contributed by atoms with Gasteiger partial charge in [0, 0.05) is 0 Å². The van der Waals surface area contributed by atoms with E-state index in [1.165, 1.54) is 17.9 Å². The fourth-order valence-corrected chi connectivity index (χ4v) is 3.22. The van der Waals surface area contributed by atoms with E-state index in [1.54, 1.807) is 13.0 Å². The minimum atomic E-state index is -0.847. The number of carbonyl (C=O) groups is 1. The molecule has 2 aromatic carbocycles. The topological polar surface area (TPSA) is 81.9 Å². The predicted molar refractivity (Wildman–Crippen MR) is 101 cm³/mol. The Labute approximate surface area is 164 Å². The summed E-state index contributed by atoms with van der Waals surface area (Å²) in [6.07, 6.45) is 0. The number of aromatic nitrogens is 4. The molecule has 0 aliphatic carbocycles. The summed E-state index contributed by atoms with van der Waals surface area (Å²) in [5, 5.41) is 13.5. The van der Waals surface area contributed by atoms with E-state index in [0.717, 1.165) is 29.5 Å². The highest BCUT2D eigenvalue weighted by atomic mass is 32.2. The van der Waals surface area contributed by atoms with Crippen LogP contribution in [0.4, 0.5) is 14.5 Å². The molecule has 3 aromatic rings. The van der Waals surface area contributed by atoms with E-state index in [-0.39, 0.29) is 0 Å². The molecule has 0 bridgehead atoms. The van der Waals surface area contributed by atoms with Crippen LogP contribution in [0.2, 0.25) is 0 Å². The summed E-state index contributed by atoms with van der Waals surface area (Å²) in [7, 11) is 1.53. The SMILES string of the molecule is COc1ccc(C)cc1-n1nnnc1S[C@@H](C)C(=O)Nc1c(F)cccc1F. The molecule has 28 heavy (non-hydrogen) atoms. The monoisotopic (exact) mass is 405 g/mol. The number of aryl methyl sites for hydroxylation is 1. The number of hydrogen-bond acceptors (Lipinski definition) is 6. The molecule has 1 heterocycles. The molecule has 1 atom stereocenters. The average molecular weight is 405 g/mol. The van der Waals surface area contributed by atoms with Crippen molar-refractivity contribution in [2.24, 2.45) is 0 Å². The Morgan fingerprint density at radius 3 is 2.64 bits per heavy atom. The third-order valence-corrected chi connectivity index (χ3v) is 4.90. The molecule has 0 radical (unpaired) electrons. The van der Waals surface area contributed by atoms with Crippen LogP contribution in [0.15, 0.2) is 41.6 Å². The van der Waals surface area contributed by atoms with Crippen molar-refractivity contribution < 1.29 is 18.3 Å². The molecule has 1 N–H and O–H groups in total. The number of carbonyl (C=O) groups excluding carboxylic acids is 1. The molecule has 0 spiro atoms. The summed E-state index contributed by atoms with van der Waals surface area (Å²) in [6.45, 7) is 3.50. The Morgan fingerprint density at radius 2 is 1.96 bits per heavy atom. The lowest BCUT2D eigenvalue weighted by atomic mass is 10.2. The van der Waals surface area contributed by atoms with Gasteiger partial charge < -0.3 is 10.1 Å². The first-order chi connectivity index (χ1) is 13.4. The minimum Gasteiger partial charge on any atom is -0.494 e. The van der Waals surface area contributed by atoms with Crippen LogP contribution in [0.5, 0.6) is 5.75 Å². The Morgan fingerprint density at radius 1 is 1.25 bits per heavy atom. The summed E-state index contributed by atoms with van der Waals surface area (Å²) in [4.78, 5) is 12.4. The van der Waals surface area contributed by atoms with Gasteiger partial charge in [0.25, 0.3) is 0 Å². The number of halogens is 2. The predicted octanol–water partition coefficient (Wildman–Crippen LogP) is 3.38. The van der Waals surface area contributed by atoms with E-state index >= 15 is 0 Å². The van der Waals surface area contributed by atoms with E-state index < -0.39 is 28.5 Å². The van der Waals surface area contributed by atoms with Gasteiger partial charge in [0.05, 0.1) is 12.4 Å². The number of tetrazole rings is 1. The van der Waals surface area contributed by atoms with Gasteiger partial charge in [0.1, 0.15) is 28.8 Å². The second kappa shape index (κ2) is 8.34. The maximum atomic E-state index is 13.7. The largest absolute Gasteiger partial charge is 0.494 e. The normalized spacial score (nSPS) is 11.9. The van der Waals surface area contributed by atoms with Gasteiger partial charge in [-0.3, -0.25) is 4.79 Å². The second-order valence-electron chi connectivity index (χ2n) is 5.89. The standard InChI is InChI=1S/C18H17F2N5O2S/c1-10-7-8-15(27-3)14(9-10)25-18(22-23-24-25)28-11(2)17(26)21-16-12(19)5-4-6-13(16)20/h4-9,11H,1-3H3,(H,21,26)/t11-/m0/s1. The van der Waals surface area contributed by atoms with Crippen molar-refractivity contribution in [2.75, 3.05) is 12.4 Å². The Kier molecular flexibility index (Phi) is 5.88. The molecule has 0 fully saturated rings. The summed E-state index contributed by atoms with van der Waals surface area (Å²) in [6, 6.07) is 8.89. The Balaban J connectivity index is 1.81. The van der Waals surface area contributed by atoms with Crippen LogP contribution in [0.3, 0.4) is 0 Å². The van der Waals surface area contributed by atoms with Gasteiger partial charge in [-0.25, -0.2) is 8.78 Å². The highest BCUT2D eigenvalue weighted by Crippen LogP contribution is 2.29. The van der Waals surface area contributed by atoms with Crippen LogP contribution in [0, 0.1) is 18.6 Å². The maximum Gasteiger partial charge on any atom is 0.237 e. The third kappa shape index (κ3) is 4.11. The first kappa shape index (κ1) is 19.7. The fraction of sp³-hybridized carbons (Fsp3) is 0.222. The van der Waals surface area contributed by atoms with Gasteiger partial charge in [-0.05, 0) is 54.1 Å². The van der Waals surface area contributed by atoms with Crippen LogP contribution in [-0.4, -0.2) is 38.5 Å². The molecule has 0 unspecified atom stereocenters. The zero-order valence-electron chi connectivity index (χ0n) is 15.3. The van der Waals surface area contributed by atoms with Crippen molar-refractivity contribution >= 4 is 23.4 Å². The number of ether oxygens (including phenoxy) is 1. The van der Waals surface area contributed by atoms with Crippen LogP contribution < -0.4 is 10.1 Å². The van der Waals surface area contributed by atoms with Crippen molar-refractivity contribution in [2.45, 2.75) is 24.3 Å². The molecule has 0 aliphatic rings. The molecule has 0 aliphatic heterocycles. The van der Waals surface area contributed by atoms with Gasteiger partial charge >= 0.3 is 0 Å². The molecule has 7 nitrogen and oxygen atoms in total. The third-order valence-electron chi connectivity index (χ3n) is 3.87. The van der Waals surface area contributed by atoms with Crippen LogP contribution in [0.1, 0.15) is 12.5 Å². The number of nitrogens with zero attached hydrogens (tertiary/aromatic N) is 4. The van der Waals surface area contributed by atoms with Crippen molar-refractivity contribution in [3.63, 3.8) is 0 Å². The van der Waals surface area contributed by atoms with Gasteiger partial charge in [0.2, 0.25) is 11.1 Å². The summed E-state index contributed by atoms with van der Waals surface area (Å²) < 4.78 is 34.3. The molecular weight excluding hydrogens is 388 g/mol. The average Bonchev–Trinajstić information content (AvgIpc) is 3.12. The van der Waals surface area contributed by atoms with Crippen LogP contribution in [0.25, 0.3) is 5.69 Å². The smallest absolute Gasteiger partial charge is 0.237 e. The van der Waals surface area contributed by atoms with E-state index in [4.69, 9.17) is 4.74 Å². The summed E-state index contributed by atoms with van der Waals surface area (Å²) in [5.74, 6) is -1.72. The van der Waals surface area contributed by atoms with Crippen molar-refractivity contribution in [3.05, 3.63) is 53.6 Å². The number of thioether (sulfide) groups is 1. The van der Waals surface area contributed by atoms with Gasteiger partial charge in [-0.15, -0.1) is 5.10 Å². The summed E-state index contributed by atoms with van der Waals surface area (Å²) in [5.41, 5.74) is 1.10. The van der Waals surface area contributed by atoms with Crippen LogP contribution in [-0.2, 0) is 4.79 Å². The maximum absolute atomic E-state index is 13.7. The number of anilines is 1. The highest BCUT2D eigenvalue weighted by molar-refractivity contribution is 8.00. The van der Waals surface area contributed by atoms with Gasteiger partial charge in [0.15, 0.2) is 0 Å². The lowest BCUT2D eigenvalue weighted by Gasteiger charge is -2.14. The number of benzene rings is 2. The van der Waals surface area contributed by atoms with Crippen molar-refractivity contribution in [1.29, 1.82) is 0 Å². The number of hydrogen-bond donors (Lipinski definition) is 1. The number of para-hydroxylation sites is 1. The van der Waals surface area contributed by atoms with E-state index in [2.05, 4.69) is 20.8 Å². The molecule has 0 saturated carbocycles. The highest BCUT2D eigenvalue weighted by Gasteiger charge is 2.22. The number of methoxy groups -OCH3 is 1. The van der Waals surface area contributed by atoms with E-state index in [9.17, 15) is 13.6 Å². The minimum absolute atomic E-state index is 0.334. The second-order valence-corrected chi connectivity index (χ2v) is 7.20. The zero-order valence-corrected chi connectivity index (χ0v) is 16.1. The Bertz CT molecular complexity index is 991.